The third-order valence-electron chi connectivity index (χ3n) is 2.35. The molecular weight excluding hydrogens is 216 g/mol. The number of hydrogen-bond acceptors (Lipinski definition) is 3. The van der Waals surface area contributed by atoms with Crippen LogP contribution in [0.2, 0.25) is 0 Å². The maximum Gasteiger partial charge on any atom is 0.267 e. The van der Waals surface area contributed by atoms with Crippen LogP contribution in [0.25, 0.3) is 0 Å². The van der Waals surface area contributed by atoms with Gasteiger partial charge in [0, 0.05) is 6.04 Å². The first-order chi connectivity index (χ1) is 7.49. The summed E-state index contributed by atoms with van der Waals surface area (Å²) in [7, 11) is 1.31. The van der Waals surface area contributed by atoms with Gasteiger partial charge in [0.25, 0.3) is 6.43 Å². The van der Waals surface area contributed by atoms with Crippen molar-refractivity contribution in [1.29, 1.82) is 0 Å². The Morgan fingerprint density at radius 1 is 1.38 bits per heavy atom. The predicted octanol–water partition coefficient (Wildman–Crippen LogP) is 2.01. The van der Waals surface area contributed by atoms with Gasteiger partial charge >= 0.3 is 0 Å². The molecule has 0 fully saturated rings. The van der Waals surface area contributed by atoms with E-state index in [9.17, 15) is 13.9 Å². The molecule has 90 valence electrons. The molecule has 0 aliphatic carbocycles. The van der Waals surface area contributed by atoms with Gasteiger partial charge in [-0.2, -0.15) is 0 Å². The van der Waals surface area contributed by atoms with Crippen LogP contribution < -0.4 is 10.5 Å². The highest BCUT2D eigenvalue weighted by atomic mass is 19.3. The summed E-state index contributed by atoms with van der Waals surface area (Å²) in [6.07, 6.45) is -3.83. The summed E-state index contributed by atoms with van der Waals surface area (Å²) >= 11 is 0. The van der Waals surface area contributed by atoms with Crippen LogP contribution in [0, 0.1) is 0 Å². The molecule has 0 aromatic heterocycles. The largest absolute Gasteiger partial charge is 0.496 e. The maximum absolute atomic E-state index is 12.9. The normalized spacial score (nSPS) is 14.9. The minimum atomic E-state index is -2.71. The van der Waals surface area contributed by atoms with Crippen LogP contribution in [0.5, 0.6) is 5.75 Å². The number of aliphatic hydroxyl groups excluding tert-OH is 1. The van der Waals surface area contributed by atoms with Crippen molar-refractivity contribution in [2.24, 2.45) is 5.73 Å². The zero-order valence-electron chi connectivity index (χ0n) is 9.15. The number of alkyl halides is 2. The SMILES string of the molecule is COc1cccc(C(O)C(C)N)c1C(F)F. The Labute approximate surface area is 92.8 Å². The number of rotatable bonds is 4. The van der Waals surface area contributed by atoms with Crippen LogP contribution >= 0.6 is 0 Å². The van der Waals surface area contributed by atoms with Gasteiger partial charge in [-0.15, -0.1) is 0 Å². The van der Waals surface area contributed by atoms with Crippen LogP contribution in [0.1, 0.15) is 30.6 Å². The standard InChI is InChI=1S/C11H15F2NO2/c1-6(14)10(15)7-4-3-5-8(16-2)9(7)11(12)13/h3-6,10-11,15H,14H2,1-2H3. The van der Waals surface area contributed by atoms with Gasteiger partial charge in [-0.1, -0.05) is 12.1 Å². The molecule has 0 spiro atoms. The molecule has 1 aromatic carbocycles. The Balaban J connectivity index is 3.27. The Morgan fingerprint density at radius 3 is 2.44 bits per heavy atom. The zero-order valence-corrected chi connectivity index (χ0v) is 9.15. The van der Waals surface area contributed by atoms with E-state index in [1.807, 2.05) is 0 Å². The number of aliphatic hydroxyl groups is 1. The van der Waals surface area contributed by atoms with E-state index in [0.717, 1.165) is 0 Å². The van der Waals surface area contributed by atoms with Crippen molar-refractivity contribution in [3.05, 3.63) is 29.3 Å². The van der Waals surface area contributed by atoms with E-state index >= 15 is 0 Å². The molecule has 2 atom stereocenters. The molecule has 0 aliphatic rings. The lowest BCUT2D eigenvalue weighted by atomic mass is 9.98. The van der Waals surface area contributed by atoms with Gasteiger partial charge < -0.3 is 15.6 Å². The van der Waals surface area contributed by atoms with E-state index in [0.29, 0.717) is 0 Å². The number of ether oxygens (including phenoxy) is 1. The maximum atomic E-state index is 12.9. The van der Waals surface area contributed by atoms with Gasteiger partial charge in [0.1, 0.15) is 5.75 Å². The van der Waals surface area contributed by atoms with Crippen LogP contribution in [0.4, 0.5) is 8.78 Å². The molecule has 0 bridgehead atoms. The summed E-state index contributed by atoms with van der Waals surface area (Å²) in [6.45, 7) is 1.55. The first-order valence-electron chi connectivity index (χ1n) is 4.87. The molecule has 1 aromatic rings. The molecule has 1 rings (SSSR count). The summed E-state index contributed by atoms with van der Waals surface area (Å²) in [5.74, 6) is 0.0622. The lowest BCUT2D eigenvalue weighted by Crippen LogP contribution is -2.25. The monoisotopic (exact) mass is 231 g/mol. The Bertz CT molecular complexity index is 356. The fraction of sp³-hybridized carbons (Fsp3) is 0.455. The van der Waals surface area contributed by atoms with Crippen molar-refractivity contribution in [3.63, 3.8) is 0 Å². The number of halogens is 2. The van der Waals surface area contributed by atoms with Gasteiger partial charge in [-0.25, -0.2) is 8.78 Å². The lowest BCUT2D eigenvalue weighted by molar-refractivity contribution is 0.124. The molecule has 0 aliphatic heterocycles. The van der Waals surface area contributed by atoms with Gasteiger partial charge in [0.05, 0.1) is 18.8 Å². The van der Waals surface area contributed by atoms with E-state index in [1.54, 1.807) is 13.0 Å². The number of nitrogens with two attached hydrogens (primary N) is 1. The highest BCUT2D eigenvalue weighted by Gasteiger charge is 2.24. The molecule has 2 unspecified atom stereocenters. The summed E-state index contributed by atoms with van der Waals surface area (Å²) < 4.78 is 30.6. The number of methoxy groups -OCH3 is 1. The highest BCUT2D eigenvalue weighted by molar-refractivity contribution is 5.42. The van der Waals surface area contributed by atoms with Gasteiger partial charge in [-0.05, 0) is 18.6 Å². The predicted molar refractivity (Wildman–Crippen MR) is 56.6 cm³/mol. The second-order valence-corrected chi connectivity index (χ2v) is 3.57. The first-order valence-corrected chi connectivity index (χ1v) is 4.87. The minimum absolute atomic E-state index is 0.0622. The van der Waals surface area contributed by atoms with Crippen molar-refractivity contribution in [2.75, 3.05) is 7.11 Å². The topological polar surface area (TPSA) is 55.5 Å². The van der Waals surface area contributed by atoms with Gasteiger partial charge in [0.15, 0.2) is 0 Å². The Hall–Kier alpha value is -1.20. The molecule has 0 heterocycles. The third kappa shape index (κ3) is 2.48. The van der Waals surface area contributed by atoms with E-state index in [-0.39, 0.29) is 16.9 Å². The van der Waals surface area contributed by atoms with Gasteiger partial charge in [0.2, 0.25) is 0 Å². The van der Waals surface area contributed by atoms with E-state index in [2.05, 4.69) is 0 Å². The van der Waals surface area contributed by atoms with Gasteiger partial charge in [-0.3, -0.25) is 0 Å². The summed E-state index contributed by atoms with van der Waals surface area (Å²) in [5, 5.41) is 9.73. The van der Waals surface area contributed by atoms with Crippen LogP contribution in [-0.4, -0.2) is 18.3 Å². The molecular formula is C11H15F2NO2. The van der Waals surface area contributed by atoms with Crippen molar-refractivity contribution < 1.29 is 18.6 Å². The van der Waals surface area contributed by atoms with Crippen molar-refractivity contribution in [1.82, 2.24) is 0 Å². The van der Waals surface area contributed by atoms with Crippen molar-refractivity contribution >= 4 is 0 Å². The summed E-state index contributed by atoms with van der Waals surface area (Å²) in [6, 6.07) is 3.78. The molecule has 5 heteroatoms. The second-order valence-electron chi connectivity index (χ2n) is 3.57. The number of benzene rings is 1. The quantitative estimate of drug-likeness (QED) is 0.833. The van der Waals surface area contributed by atoms with Crippen LogP contribution in [0.3, 0.4) is 0 Å². The molecule has 0 radical (unpaired) electrons. The van der Waals surface area contributed by atoms with E-state index in [1.165, 1.54) is 19.2 Å². The summed E-state index contributed by atoms with van der Waals surface area (Å²) in [5.41, 5.74) is 5.31. The van der Waals surface area contributed by atoms with Crippen molar-refractivity contribution in [2.45, 2.75) is 25.5 Å². The molecule has 16 heavy (non-hydrogen) atoms. The fourth-order valence-corrected chi connectivity index (χ4v) is 1.51. The average molecular weight is 231 g/mol. The lowest BCUT2D eigenvalue weighted by Gasteiger charge is -2.20. The minimum Gasteiger partial charge on any atom is -0.496 e. The number of hydrogen-bond donors (Lipinski definition) is 2. The van der Waals surface area contributed by atoms with Crippen molar-refractivity contribution in [3.8, 4) is 5.75 Å². The summed E-state index contributed by atoms with van der Waals surface area (Å²) in [4.78, 5) is 0. The Kier molecular flexibility index (Phi) is 4.20. The Morgan fingerprint density at radius 2 is 2.00 bits per heavy atom. The third-order valence-corrected chi connectivity index (χ3v) is 2.35. The average Bonchev–Trinajstić information content (AvgIpc) is 2.26. The van der Waals surface area contributed by atoms with E-state index in [4.69, 9.17) is 10.5 Å². The molecule has 0 saturated carbocycles. The molecule has 3 N–H and O–H groups in total. The smallest absolute Gasteiger partial charge is 0.267 e. The molecule has 0 saturated heterocycles. The van der Waals surface area contributed by atoms with Crippen LogP contribution in [-0.2, 0) is 0 Å². The second kappa shape index (κ2) is 5.23. The van der Waals surface area contributed by atoms with Crippen LogP contribution in [0.15, 0.2) is 18.2 Å². The molecule has 0 amide bonds. The molecule has 3 nitrogen and oxygen atoms in total. The van der Waals surface area contributed by atoms with E-state index < -0.39 is 18.6 Å². The highest BCUT2D eigenvalue weighted by Crippen LogP contribution is 2.35. The fourth-order valence-electron chi connectivity index (χ4n) is 1.51. The zero-order chi connectivity index (χ0) is 12.3. The first kappa shape index (κ1) is 12.9.